The van der Waals surface area contributed by atoms with Crippen molar-refractivity contribution < 1.29 is 0 Å². The van der Waals surface area contributed by atoms with Crippen LogP contribution < -0.4 is 5.32 Å². The predicted molar refractivity (Wildman–Crippen MR) is 82.6 cm³/mol. The zero-order valence-electron chi connectivity index (χ0n) is 10.2. The summed E-state index contributed by atoms with van der Waals surface area (Å²) in [5.74, 6) is 1.62. The molecule has 0 unspecified atom stereocenters. The van der Waals surface area contributed by atoms with Gasteiger partial charge >= 0.3 is 0 Å². The van der Waals surface area contributed by atoms with Crippen molar-refractivity contribution in [3.05, 3.63) is 41.4 Å². The van der Waals surface area contributed by atoms with Crippen LogP contribution in [0.4, 0.5) is 11.6 Å². The van der Waals surface area contributed by atoms with Crippen LogP contribution in [0.2, 0.25) is 0 Å². The molecule has 0 saturated carbocycles. The number of hydrogen-bond acceptors (Lipinski definition) is 6. The topological polar surface area (TPSA) is 66.5 Å². The Bertz CT molecular complexity index is 847. The molecule has 0 radical (unpaired) electrons. The first-order valence-electron chi connectivity index (χ1n) is 5.95. The molecule has 4 rings (SSSR count). The van der Waals surface area contributed by atoms with Crippen LogP contribution in [0.15, 0.2) is 41.4 Å². The summed E-state index contributed by atoms with van der Waals surface area (Å²) >= 11 is 3.28. The van der Waals surface area contributed by atoms with Crippen molar-refractivity contribution in [1.29, 1.82) is 0 Å². The average Bonchev–Trinajstić information content (AvgIpc) is 3.20. The Balaban J connectivity index is 1.68. The first kappa shape index (κ1) is 11.6. The summed E-state index contributed by atoms with van der Waals surface area (Å²) in [5, 5.41) is 14.6. The third kappa shape index (κ3) is 1.97. The number of hydrogen-bond donors (Lipinski definition) is 2. The number of anilines is 2. The number of aromatic nitrogens is 4. The quantitative estimate of drug-likeness (QED) is 0.602. The second-order valence-corrected chi connectivity index (χ2v) is 5.99. The molecule has 7 heteroatoms. The minimum atomic E-state index is 0.798. The average molecular weight is 299 g/mol. The van der Waals surface area contributed by atoms with E-state index < -0.39 is 0 Å². The molecule has 98 valence electrons. The minimum absolute atomic E-state index is 0.798. The highest BCUT2D eigenvalue weighted by atomic mass is 32.1. The van der Waals surface area contributed by atoms with Gasteiger partial charge < -0.3 is 5.32 Å². The van der Waals surface area contributed by atoms with Gasteiger partial charge in [-0.1, -0.05) is 6.07 Å². The fraction of sp³-hybridized carbons (Fsp3) is 0. The Hall–Kier alpha value is -2.25. The molecule has 0 bridgehead atoms. The zero-order valence-corrected chi connectivity index (χ0v) is 11.8. The largest absolute Gasteiger partial charge is 0.324 e. The Morgan fingerprint density at radius 2 is 2.10 bits per heavy atom. The molecule has 0 aliphatic rings. The summed E-state index contributed by atoms with van der Waals surface area (Å²) in [5.41, 5.74) is 1.88. The van der Waals surface area contributed by atoms with E-state index in [9.17, 15) is 0 Å². The first-order chi connectivity index (χ1) is 9.90. The van der Waals surface area contributed by atoms with E-state index in [1.165, 1.54) is 0 Å². The van der Waals surface area contributed by atoms with E-state index in [1.807, 2.05) is 35.0 Å². The van der Waals surface area contributed by atoms with Gasteiger partial charge in [0.1, 0.15) is 17.8 Å². The molecule has 20 heavy (non-hydrogen) atoms. The fourth-order valence-electron chi connectivity index (χ4n) is 1.94. The van der Waals surface area contributed by atoms with Gasteiger partial charge in [0.2, 0.25) is 0 Å². The summed E-state index contributed by atoms with van der Waals surface area (Å²) in [7, 11) is 0. The van der Waals surface area contributed by atoms with Gasteiger partial charge in [-0.05, 0) is 22.9 Å². The summed E-state index contributed by atoms with van der Waals surface area (Å²) in [4.78, 5) is 9.65. The number of aromatic amines is 1. The van der Waals surface area contributed by atoms with Crippen LogP contribution in [0.25, 0.3) is 20.8 Å². The van der Waals surface area contributed by atoms with Gasteiger partial charge in [-0.2, -0.15) is 5.10 Å². The van der Waals surface area contributed by atoms with Crippen LogP contribution in [-0.4, -0.2) is 20.2 Å². The lowest BCUT2D eigenvalue weighted by molar-refractivity contribution is 1.09. The molecule has 5 nitrogen and oxygen atoms in total. The summed E-state index contributed by atoms with van der Waals surface area (Å²) in [6.45, 7) is 0. The van der Waals surface area contributed by atoms with Gasteiger partial charge in [-0.25, -0.2) is 9.97 Å². The number of nitrogens with zero attached hydrogens (tertiary/aromatic N) is 3. The number of thiophene rings is 2. The third-order valence-corrected chi connectivity index (χ3v) is 4.65. The van der Waals surface area contributed by atoms with Crippen LogP contribution in [0.3, 0.4) is 0 Å². The van der Waals surface area contributed by atoms with E-state index in [1.54, 1.807) is 29.0 Å². The van der Waals surface area contributed by atoms with E-state index in [-0.39, 0.29) is 0 Å². The van der Waals surface area contributed by atoms with Gasteiger partial charge in [0.25, 0.3) is 0 Å². The minimum Gasteiger partial charge on any atom is -0.324 e. The molecule has 0 spiro atoms. The van der Waals surface area contributed by atoms with Gasteiger partial charge in [0.05, 0.1) is 15.1 Å². The Morgan fingerprint density at radius 3 is 3.00 bits per heavy atom. The van der Waals surface area contributed by atoms with E-state index in [4.69, 9.17) is 0 Å². The van der Waals surface area contributed by atoms with Crippen molar-refractivity contribution in [2.24, 2.45) is 0 Å². The lowest BCUT2D eigenvalue weighted by Crippen LogP contribution is -1.94. The van der Waals surface area contributed by atoms with Crippen molar-refractivity contribution in [3.8, 4) is 10.6 Å². The fourth-order valence-corrected chi connectivity index (χ4v) is 3.42. The van der Waals surface area contributed by atoms with Crippen molar-refractivity contribution in [2.45, 2.75) is 0 Å². The van der Waals surface area contributed by atoms with Crippen LogP contribution in [0.1, 0.15) is 0 Å². The zero-order chi connectivity index (χ0) is 13.4. The molecular weight excluding hydrogens is 290 g/mol. The lowest BCUT2D eigenvalue weighted by atomic mass is 10.3. The van der Waals surface area contributed by atoms with Crippen molar-refractivity contribution >= 4 is 44.5 Å². The maximum atomic E-state index is 4.31. The second-order valence-electron chi connectivity index (χ2n) is 4.13. The number of nitrogens with one attached hydrogen (secondary N) is 2. The summed E-state index contributed by atoms with van der Waals surface area (Å²) in [6, 6.07) is 8.03. The summed E-state index contributed by atoms with van der Waals surface area (Å²) < 4.78 is 1.04. The standard InChI is InChI=1S/C13H9N5S2/c1-2-10(19-4-1)9-6-11(18-17-9)16-13-12-8(3-5-20-12)14-7-15-13/h1-7H,(H2,14,15,16,17,18). The molecular formula is C13H9N5S2. The van der Waals surface area contributed by atoms with Gasteiger partial charge in [0, 0.05) is 6.07 Å². The molecule has 2 N–H and O–H groups in total. The van der Waals surface area contributed by atoms with E-state index in [0.29, 0.717) is 0 Å². The Labute approximate surface area is 122 Å². The number of H-pyrrole nitrogens is 1. The molecule has 0 aliphatic heterocycles. The Morgan fingerprint density at radius 1 is 1.10 bits per heavy atom. The first-order valence-corrected chi connectivity index (χ1v) is 7.70. The summed E-state index contributed by atoms with van der Waals surface area (Å²) in [6.07, 6.45) is 1.56. The smallest absolute Gasteiger partial charge is 0.152 e. The molecule has 0 atom stereocenters. The molecule has 4 aromatic rings. The predicted octanol–water partition coefficient (Wildman–Crippen LogP) is 3.89. The maximum Gasteiger partial charge on any atom is 0.152 e. The van der Waals surface area contributed by atoms with Gasteiger partial charge in [-0.15, -0.1) is 22.7 Å². The molecule has 0 aromatic carbocycles. The van der Waals surface area contributed by atoms with Crippen molar-refractivity contribution in [2.75, 3.05) is 5.32 Å². The van der Waals surface area contributed by atoms with Gasteiger partial charge in [0.15, 0.2) is 5.82 Å². The number of rotatable bonds is 3. The van der Waals surface area contributed by atoms with Crippen molar-refractivity contribution in [1.82, 2.24) is 20.2 Å². The van der Waals surface area contributed by atoms with Crippen LogP contribution in [0.5, 0.6) is 0 Å². The highest BCUT2D eigenvalue weighted by Crippen LogP contribution is 2.29. The molecule has 4 heterocycles. The van der Waals surface area contributed by atoms with Crippen LogP contribution in [0, 0.1) is 0 Å². The second kappa shape index (κ2) is 4.69. The SMILES string of the molecule is c1csc(-c2cc(Nc3ncnc4ccsc34)[nH]n2)c1. The molecule has 0 fully saturated rings. The number of fused-ring (bicyclic) bond motifs is 1. The van der Waals surface area contributed by atoms with E-state index in [2.05, 4.69) is 25.5 Å². The van der Waals surface area contributed by atoms with Gasteiger partial charge in [-0.3, -0.25) is 5.10 Å². The monoisotopic (exact) mass is 299 g/mol. The lowest BCUT2D eigenvalue weighted by Gasteiger charge is -2.02. The molecule has 0 aliphatic carbocycles. The normalized spacial score (nSPS) is 11.0. The highest BCUT2D eigenvalue weighted by molar-refractivity contribution is 7.17. The molecule has 0 saturated heterocycles. The van der Waals surface area contributed by atoms with Crippen LogP contribution in [-0.2, 0) is 0 Å². The van der Waals surface area contributed by atoms with Crippen LogP contribution >= 0.6 is 22.7 Å². The Kier molecular flexibility index (Phi) is 2.71. The molecule has 0 amide bonds. The third-order valence-electron chi connectivity index (χ3n) is 2.85. The molecule has 4 aromatic heterocycles. The highest BCUT2D eigenvalue weighted by Gasteiger charge is 2.08. The van der Waals surface area contributed by atoms with Crippen molar-refractivity contribution in [3.63, 3.8) is 0 Å². The van der Waals surface area contributed by atoms with E-state index in [0.717, 1.165) is 32.4 Å². The maximum absolute atomic E-state index is 4.31. The van der Waals surface area contributed by atoms with E-state index >= 15 is 0 Å².